The number of nitrogens with zero attached hydrogens (tertiary/aromatic N) is 1. The van der Waals surface area contributed by atoms with Crippen LogP contribution in [0.15, 0.2) is 61.2 Å². The van der Waals surface area contributed by atoms with Gasteiger partial charge in [-0.15, -0.1) is 6.58 Å². The molecule has 0 bridgehead atoms. The Balaban J connectivity index is 2.10. The summed E-state index contributed by atoms with van der Waals surface area (Å²) in [6, 6.07) is 17.0. The van der Waals surface area contributed by atoms with Gasteiger partial charge in [-0.2, -0.15) is 0 Å². The highest BCUT2D eigenvalue weighted by Crippen LogP contribution is 2.28. The van der Waals surface area contributed by atoms with Crippen LogP contribution < -0.4 is 4.74 Å². The average molecular weight is 277 g/mol. The third kappa shape index (κ3) is 2.45. The lowest BCUT2D eigenvalue weighted by atomic mass is 10.0. The fourth-order valence-electron chi connectivity index (χ4n) is 2.73. The Morgan fingerprint density at radius 3 is 2.43 bits per heavy atom. The standard InChI is InChI=1S/C19H19NO/c1-4-11-20-14(2)12-17-6-5-16(13-19(17)20)15-7-9-18(21-3)10-8-15/h4-10,12-13H,1,11H2,2-3H3. The Morgan fingerprint density at radius 2 is 1.76 bits per heavy atom. The van der Waals surface area contributed by atoms with Gasteiger partial charge in [-0.3, -0.25) is 0 Å². The van der Waals surface area contributed by atoms with Gasteiger partial charge in [0.2, 0.25) is 0 Å². The first-order valence-electron chi connectivity index (χ1n) is 7.08. The number of hydrogen-bond acceptors (Lipinski definition) is 1. The Labute approximate surface area is 125 Å². The van der Waals surface area contributed by atoms with Crippen LogP contribution in [-0.4, -0.2) is 11.7 Å². The molecule has 2 aromatic carbocycles. The number of allylic oxidation sites excluding steroid dienone is 1. The minimum Gasteiger partial charge on any atom is -0.497 e. The summed E-state index contributed by atoms with van der Waals surface area (Å²) >= 11 is 0. The van der Waals surface area contributed by atoms with Crippen molar-refractivity contribution in [3.05, 3.63) is 66.9 Å². The van der Waals surface area contributed by atoms with Crippen LogP contribution in [0.5, 0.6) is 5.75 Å². The fraction of sp³-hybridized carbons (Fsp3) is 0.158. The Morgan fingerprint density at radius 1 is 1.05 bits per heavy atom. The van der Waals surface area contributed by atoms with E-state index in [-0.39, 0.29) is 0 Å². The Hall–Kier alpha value is -2.48. The number of ether oxygens (including phenoxy) is 1. The van der Waals surface area contributed by atoms with E-state index in [0.717, 1.165) is 12.3 Å². The molecule has 0 spiro atoms. The van der Waals surface area contributed by atoms with E-state index in [4.69, 9.17) is 4.74 Å². The zero-order valence-electron chi connectivity index (χ0n) is 12.5. The van der Waals surface area contributed by atoms with Gasteiger partial charge in [0, 0.05) is 17.8 Å². The van der Waals surface area contributed by atoms with Crippen LogP contribution >= 0.6 is 0 Å². The second kappa shape index (κ2) is 5.49. The maximum absolute atomic E-state index is 5.21. The molecule has 106 valence electrons. The van der Waals surface area contributed by atoms with Gasteiger partial charge in [-0.05, 0) is 47.7 Å². The lowest BCUT2D eigenvalue weighted by molar-refractivity contribution is 0.415. The van der Waals surface area contributed by atoms with Crippen LogP contribution in [0.25, 0.3) is 22.0 Å². The number of rotatable bonds is 4. The molecule has 0 amide bonds. The first-order valence-corrected chi connectivity index (χ1v) is 7.08. The molecule has 0 atom stereocenters. The molecular weight excluding hydrogens is 258 g/mol. The van der Waals surface area contributed by atoms with Gasteiger partial charge in [0.25, 0.3) is 0 Å². The molecule has 2 nitrogen and oxygen atoms in total. The van der Waals surface area contributed by atoms with E-state index < -0.39 is 0 Å². The summed E-state index contributed by atoms with van der Waals surface area (Å²) in [5.41, 5.74) is 4.92. The van der Waals surface area contributed by atoms with Crippen LogP contribution in [0, 0.1) is 6.92 Å². The topological polar surface area (TPSA) is 14.2 Å². The first kappa shape index (κ1) is 13.5. The number of benzene rings is 2. The van der Waals surface area contributed by atoms with Crippen LogP contribution in [-0.2, 0) is 6.54 Å². The van der Waals surface area contributed by atoms with Gasteiger partial charge >= 0.3 is 0 Å². The molecule has 0 unspecified atom stereocenters. The summed E-state index contributed by atoms with van der Waals surface area (Å²) < 4.78 is 7.50. The second-order valence-corrected chi connectivity index (χ2v) is 5.19. The van der Waals surface area contributed by atoms with E-state index in [1.54, 1.807) is 7.11 Å². The lowest BCUT2D eigenvalue weighted by Crippen LogP contribution is -1.96. The van der Waals surface area contributed by atoms with Crippen LogP contribution in [0.2, 0.25) is 0 Å². The van der Waals surface area contributed by atoms with Gasteiger partial charge in [-0.1, -0.05) is 30.3 Å². The Bertz CT molecular complexity index is 781. The molecule has 21 heavy (non-hydrogen) atoms. The van der Waals surface area contributed by atoms with Crippen LogP contribution in [0.1, 0.15) is 5.69 Å². The van der Waals surface area contributed by atoms with Crippen molar-refractivity contribution < 1.29 is 4.74 Å². The quantitative estimate of drug-likeness (QED) is 0.624. The zero-order valence-corrected chi connectivity index (χ0v) is 12.5. The van der Waals surface area contributed by atoms with E-state index >= 15 is 0 Å². The predicted octanol–water partition coefficient (Wildman–Crippen LogP) is 4.81. The molecule has 0 N–H and O–H groups in total. The van der Waals surface area contributed by atoms with Crippen molar-refractivity contribution in [1.82, 2.24) is 4.57 Å². The number of fused-ring (bicyclic) bond motifs is 1. The van der Waals surface area contributed by atoms with E-state index in [0.29, 0.717) is 0 Å². The SMILES string of the molecule is C=CCn1c(C)cc2ccc(-c3ccc(OC)cc3)cc21. The maximum Gasteiger partial charge on any atom is 0.118 e. The number of hydrogen-bond donors (Lipinski definition) is 0. The average Bonchev–Trinajstić information content (AvgIpc) is 2.83. The molecule has 2 heteroatoms. The number of aromatic nitrogens is 1. The Kier molecular flexibility index (Phi) is 3.53. The summed E-state index contributed by atoms with van der Waals surface area (Å²) in [5, 5.41) is 1.27. The first-order chi connectivity index (χ1) is 10.2. The lowest BCUT2D eigenvalue weighted by Gasteiger charge is -2.07. The molecule has 3 aromatic rings. The normalized spacial score (nSPS) is 10.8. The van der Waals surface area contributed by atoms with Crippen molar-refractivity contribution in [2.24, 2.45) is 0 Å². The zero-order chi connectivity index (χ0) is 14.8. The third-order valence-corrected chi connectivity index (χ3v) is 3.85. The van der Waals surface area contributed by atoms with Crippen molar-refractivity contribution in [1.29, 1.82) is 0 Å². The van der Waals surface area contributed by atoms with Gasteiger partial charge in [-0.25, -0.2) is 0 Å². The predicted molar refractivity (Wildman–Crippen MR) is 88.9 cm³/mol. The molecule has 1 heterocycles. The minimum absolute atomic E-state index is 0.835. The van der Waals surface area contributed by atoms with Crippen molar-refractivity contribution in [2.75, 3.05) is 7.11 Å². The highest BCUT2D eigenvalue weighted by Gasteiger charge is 2.06. The van der Waals surface area contributed by atoms with E-state index in [9.17, 15) is 0 Å². The van der Waals surface area contributed by atoms with Crippen molar-refractivity contribution in [2.45, 2.75) is 13.5 Å². The largest absolute Gasteiger partial charge is 0.497 e. The summed E-state index contributed by atoms with van der Waals surface area (Å²) in [6.07, 6.45) is 1.94. The van der Waals surface area contributed by atoms with Gasteiger partial charge < -0.3 is 9.30 Å². The van der Waals surface area contributed by atoms with Crippen LogP contribution in [0.3, 0.4) is 0 Å². The van der Waals surface area contributed by atoms with Gasteiger partial charge in [0.15, 0.2) is 0 Å². The smallest absolute Gasteiger partial charge is 0.118 e. The van der Waals surface area contributed by atoms with Crippen molar-refractivity contribution >= 4 is 10.9 Å². The summed E-state index contributed by atoms with van der Waals surface area (Å²) in [6.45, 7) is 6.82. The van der Waals surface area contributed by atoms with Crippen molar-refractivity contribution in [3.63, 3.8) is 0 Å². The highest BCUT2D eigenvalue weighted by atomic mass is 16.5. The van der Waals surface area contributed by atoms with Crippen LogP contribution in [0.4, 0.5) is 0 Å². The third-order valence-electron chi connectivity index (χ3n) is 3.85. The van der Waals surface area contributed by atoms with E-state index in [2.05, 4.69) is 54.5 Å². The molecule has 0 radical (unpaired) electrons. The highest BCUT2D eigenvalue weighted by molar-refractivity contribution is 5.86. The number of methoxy groups -OCH3 is 1. The molecule has 0 saturated heterocycles. The molecule has 0 fully saturated rings. The molecule has 0 aliphatic heterocycles. The summed E-state index contributed by atoms with van der Waals surface area (Å²) in [5.74, 6) is 0.880. The molecule has 0 saturated carbocycles. The molecule has 0 aliphatic carbocycles. The van der Waals surface area contributed by atoms with Gasteiger partial charge in [0.05, 0.1) is 7.11 Å². The van der Waals surface area contributed by atoms with Gasteiger partial charge in [0.1, 0.15) is 5.75 Å². The molecule has 1 aromatic heterocycles. The maximum atomic E-state index is 5.21. The molecular formula is C19H19NO. The monoisotopic (exact) mass is 277 g/mol. The fourth-order valence-corrected chi connectivity index (χ4v) is 2.73. The minimum atomic E-state index is 0.835. The van der Waals surface area contributed by atoms with Crippen molar-refractivity contribution in [3.8, 4) is 16.9 Å². The summed E-state index contributed by atoms with van der Waals surface area (Å²) in [4.78, 5) is 0. The molecule has 3 rings (SSSR count). The van der Waals surface area contributed by atoms with E-state index in [1.165, 1.54) is 27.7 Å². The second-order valence-electron chi connectivity index (χ2n) is 5.19. The molecule has 0 aliphatic rings. The number of aryl methyl sites for hydroxylation is 1. The summed E-state index contributed by atoms with van der Waals surface area (Å²) in [7, 11) is 1.69. The van der Waals surface area contributed by atoms with E-state index in [1.807, 2.05) is 18.2 Å².